The molecule has 0 aliphatic carbocycles. The SMILES string of the molecule is Cc1ccccc1COc1ccc(Cl)cc1CNc1ccc(Cl)c(Cl)c1. The first-order valence-corrected chi connectivity index (χ1v) is 9.31. The van der Waals surface area contributed by atoms with E-state index < -0.39 is 0 Å². The summed E-state index contributed by atoms with van der Waals surface area (Å²) in [6.07, 6.45) is 0. The summed E-state index contributed by atoms with van der Waals surface area (Å²) in [7, 11) is 0. The maximum absolute atomic E-state index is 6.17. The minimum atomic E-state index is 0.508. The second kappa shape index (κ2) is 8.68. The average molecular weight is 407 g/mol. The summed E-state index contributed by atoms with van der Waals surface area (Å²) in [6, 6.07) is 19.2. The van der Waals surface area contributed by atoms with Gasteiger partial charge in [0.2, 0.25) is 0 Å². The van der Waals surface area contributed by atoms with Crippen LogP contribution in [0.25, 0.3) is 0 Å². The Bertz CT molecular complexity index is 912. The van der Waals surface area contributed by atoms with Crippen molar-refractivity contribution in [3.8, 4) is 5.75 Å². The molecule has 3 aromatic rings. The Morgan fingerprint density at radius 1 is 0.846 bits per heavy atom. The van der Waals surface area contributed by atoms with Gasteiger partial charge in [-0.3, -0.25) is 0 Å². The van der Waals surface area contributed by atoms with Crippen molar-refractivity contribution in [3.63, 3.8) is 0 Å². The molecule has 0 amide bonds. The molecule has 3 rings (SSSR count). The first-order valence-electron chi connectivity index (χ1n) is 8.17. The van der Waals surface area contributed by atoms with Gasteiger partial charge in [-0.2, -0.15) is 0 Å². The molecule has 0 aliphatic heterocycles. The van der Waals surface area contributed by atoms with E-state index in [4.69, 9.17) is 39.5 Å². The number of hydrogen-bond acceptors (Lipinski definition) is 2. The van der Waals surface area contributed by atoms with Gasteiger partial charge in [0.05, 0.1) is 10.0 Å². The van der Waals surface area contributed by atoms with Crippen molar-refractivity contribution in [2.45, 2.75) is 20.1 Å². The molecule has 0 atom stereocenters. The molecule has 5 heteroatoms. The highest BCUT2D eigenvalue weighted by Gasteiger charge is 2.07. The highest BCUT2D eigenvalue weighted by molar-refractivity contribution is 6.42. The van der Waals surface area contributed by atoms with Crippen LogP contribution < -0.4 is 10.1 Å². The second-order valence-corrected chi connectivity index (χ2v) is 7.20. The second-order valence-electron chi connectivity index (χ2n) is 5.95. The lowest BCUT2D eigenvalue weighted by atomic mass is 10.1. The van der Waals surface area contributed by atoms with Crippen molar-refractivity contribution in [1.82, 2.24) is 0 Å². The Labute approximate surface area is 168 Å². The number of benzene rings is 3. The van der Waals surface area contributed by atoms with Crippen LogP contribution in [-0.2, 0) is 13.2 Å². The molecule has 134 valence electrons. The Morgan fingerprint density at radius 2 is 1.65 bits per heavy atom. The molecule has 0 bridgehead atoms. The molecular formula is C21H18Cl3NO. The van der Waals surface area contributed by atoms with Crippen LogP contribution in [0.1, 0.15) is 16.7 Å². The van der Waals surface area contributed by atoms with Gasteiger partial charge in [-0.15, -0.1) is 0 Å². The van der Waals surface area contributed by atoms with Crippen LogP contribution >= 0.6 is 34.8 Å². The van der Waals surface area contributed by atoms with E-state index in [1.165, 1.54) is 5.56 Å². The summed E-state index contributed by atoms with van der Waals surface area (Å²) in [5, 5.41) is 5.03. The molecule has 26 heavy (non-hydrogen) atoms. The van der Waals surface area contributed by atoms with Crippen LogP contribution in [0, 0.1) is 6.92 Å². The van der Waals surface area contributed by atoms with Crippen LogP contribution in [0.3, 0.4) is 0 Å². The number of nitrogens with one attached hydrogen (secondary N) is 1. The van der Waals surface area contributed by atoms with Crippen molar-refractivity contribution in [2.75, 3.05) is 5.32 Å². The molecule has 0 aromatic heterocycles. The van der Waals surface area contributed by atoms with Gasteiger partial charge in [0.25, 0.3) is 0 Å². The van der Waals surface area contributed by atoms with E-state index in [2.05, 4.69) is 24.4 Å². The molecule has 3 aromatic carbocycles. The Hall–Kier alpha value is -1.87. The summed E-state index contributed by atoms with van der Waals surface area (Å²) in [5.41, 5.74) is 4.21. The third-order valence-corrected chi connectivity index (χ3v) is 5.04. The maximum Gasteiger partial charge on any atom is 0.124 e. The van der Waals surface area contributed by atoms with Gasteiger partial charge in [0.1, 0.15) is 12.4 Å². The largest absolute Gasteiger partial charge is 0.489 e. The summed E-state index contributed by atoms with van der Waals surface area (Å²) in [5.74, 6) is 0.796. The quantitative estimate of drug-likeness (QED) is 0.469. The van der Waals surface area contributed by atoms with Crippen LogP contribution in [0.2, 0.25) is 15.1 Å². The third kappa shape index (κ3) is 4.85. The van der Waals surface area contributed by atoms with E-state index in [0.717, 1.165) is 22.6 Å². The Morgan fingerprint density at radius 3 is 2.42 bits per heavy atom. The Balaban J connectivity index is 1.73. The number of ether oxygens (including phenoxy) is 1. The molecule has 0 spiro atoms. The molecule has 0 fully saturated rings. The minimum Gasteiger partial charge on any atom is -0.489 e. The predicted octanol–water partition coefficient (Wildman–Crippen LogP) is 7.15. The zero-order valence-corrected chi connectivity index (χ0v) is 16.5. The fraction of sp³-hybridized carbons (Fsp3) is 0.143. The van der Waals surface area contributed by atoms with Crippen LogP contribution in [0.15, 0.2) is 60.7 Å². The van der Waals surface area contributed by atoms with Gasteiger partial charge >= 0.3 is 0 Å². The first-order chi connectivity index (χ1) is 12.5. The smallest absolute Gasteiger partial charge is 0.124 e. The number of anilines is 1. The summed E-state index contributed by atoms with van der Waals surface area (Å²) < 4.78 is 6.04. The minimum absolute atomic E-state index is 0.508. The molecule has 0 aliphatic rings. The van der Waals surface area contributed by atoms with Crippen LogP contribution in [-0.4, -0.2) is 0 Å². The van der Waals surface area contributed by atoms with Crippen molar-refractivity contribution in [3.05, 3.63) is 92.4 Å². The van der Waals surface area contributed by atoms with E-state index in [-0.39, 0.29) is 0 Å². The maximum atomic E-state index is 6.17. The molecule has 0 saturated carbocycles. The van der Waals surface area contributed by atoms with Crippen LogP contribution in [0.4, 0.5) is 5.69 Å². The molecule has 0 radical (unpaired) electrons. The van der Waals surface area contributed by atoms with Crippen molar-refractivity contribution < 1.29 is 4.74 Å². The fourth-order valence-electron chi connectivity index (χ4n) is 2.56. The van der Waals surface area contributed by atoms with Gasteiger partial charge in [-0.1, -0.05) is 59.1 Å². The van der Waals surface area contributed by atoms with E-state index >= 15 is 0 Å². The van der Waals surface area contributed by atoms with Gasteiger partial charge in [-0.05, 0) is 54.4 Å². The molecular weight excluding hydrogens is 389 g/mol. The monoisotopic (exact) mass is 405 g/mol. The van der Waals surface area contributed by atoms with Gasteiger partial charge in [0.15, 0.2) is 0 Å². The molecule has 0 heterocycles. The van der Waals surface area contributed by atoms with Gasteiger partial charge in [0, 0.05) is 22.8 Å². The number of hydrogen-bond donors (Lipinski definition) is 1. The highest BCUT2D eigenvalue weighted by Crippen LogP contribution is 2.28. The lowest BCUT2D eigenvalue weighted by Gasteiger charge is -2.14. The van der Waals surface area contributed by atoms with E-state index in [1.807, 2.05) is 36.4 Å². The lowest BCUT2D eigenvalue weighted by Crippen LogP contribution is -2.04. The third-order valence-electron chi connectivity index (χ3n) is 4.07. The molecule has 1 N–H and O–H groups in total. The molecule has 0 unspecified atom stereocenters. The average Bonchev–Trinajstić information content (AvgIpc) is 2.63. The van der Waals surface area contributed by atoms with E-state index in [0.29, 0.717) is 28.2 Å². The van der Waals surface area contributed by atoms with Crippen molar-refractivity contribution in [1.29, 1.82) is 0 Å². The van der Waals surface area contributed by atoms with Crippen molar-refractivity contribution >= 4 is 40.5 Å². The topological polar surface area (TPSA) is 21.3 Å². The number of halogens is 3. The highest BCUT2D eigenvalue weighted by atomic mass is 35.5. The van der Waals surface area contributed by atoms with E-state index in [9.17, 15) is 0 Å². The Kier molecular flexibility index (Phi) is 6.31. The van der Waals surface area contributed by atoms with E-state index in [1.54, 1.807) is 12.1 Å². The zero-order valence-electron chi connectivity index (χ0n) is 14.2. The lowest BCUT2D eigenvalue weighted by molar-refractivity contribution is 0.302. The standard InChI is InChI=1S/C21H18Cl3NO/c1-14-4-2-3-5-15(14)13-26-21-9-6-17(22)10-16(21)12-25-18-7-8-19(23)20(24)11-18/h2-11,25H,12-13H2,1H3. The number of aryl methyl sites for hydroxylation is 1. The predicted molar refractivity (Wildman–Crippen MR) is 111 cm³/mol. The zero-order chi connectivity index (χ0) is 18.5. The fourth-order valence-corrected chi connectivity index (χ4v) is 3.05. The molecule has 0 saturated heterocycles. The van der Waals surface area contributed by atoms with Gasteiger partial charge in [-0.25, -0.2) is 0 Å². The summed E-state index contributed by atoms with van der Waals surface area (Å²) in [4.78, 5) is 0. The molecule has 2 nitrogen and oxygen atoms in total. The summed E-state index contributed by atoms with van der Waals surface area (Å²) >= 11 is 18.2. The summed E-state index contributed by atoms with van der Waals surface area (Å²) in [6.45, 7) is 3.14. The van der Waals surface area contributed by atoms with Crippen molar-refractivity contribution in [2.24, 2.45) is 0 Å². The normalized spacial score (nSPS) is 10.6. The van der Waals surface area contributed by atoms with Gasteiger partial charge < -0.3 is 10.1 Å². The van der Waals surface area contributed by atoms with Crippen LogP contribution in [0.5, 0.6) is 5.75 Å². The number of rotatable bonds is 6. The first kappa shape index (κ1) is 18.9.